The minimum absolute atomic E-state index is 0.0770. The van der Waals surface area contributed by atoms with Crippen molar-refractivity contribution in [1.82, 2.24) is 4.90 Å². The largest absolute Gasteiger partial charge is 0.465 e. The van der Waals surface area contributed by atoms with Gasteiger partial charge in [-0.25, -0.2) is 4.79 Å². The number of hydrogen-bond acceptors (Lipinski definition) is 5. The number of aliphatic hydroxyl groups excluding tert-OH is 1. The van der Waals surface area contributed by atoms with Gasteiger partial charge in [-0.2, -0.15) is 0 Å². The topological polar surface area (TPSA) is 62.9 Å². The van der Waals surface area contributed by atoms with Crippen LogP contribution in [-0.4, -0.2) is 36.7 Å². The summed E-state index contributed by atoms with van der Waals surface area (Å²) in [4.78, 5) is 13.8. The van der Waals surface area contributed by atoms with Crippen LogP contribution in [0.2, 0.25) is 0 Å². The maximum Gasteiger partial charge on any atom is 0.341 e. The summed E-state index contributed by atoms with van der Waals surface area (Å²) in [6.07, 6.45) is 0.629. The number of furan rings is 1. The van der Waals surface area contributed by atoms with E-state index in [0.29, 0.717) is 30.0 Å². The summed E-state index contributed by atoms with van der Waals surface area (Å²) in [6, 6.07) is 11.8. The lowest BCUT2D eigenvalue weighted by atomic mass is 10.0. The Bertz CT molecular complexity index is 636. The minimum Gasteiger partial charge on any atom is -0.465 e. The van der Waals surface area contributed by atoms with E-state index in [9.17, 15) is 9.90 Å². The van der Waals surface area contributed by atoms with E-state index < -0.39 is 5.97 Å². The average molecular weight is 317 g/mol. The van der Waals surface area contributed by atoms with Crippen molar-refractivity contribution < 1.29 is 19.1 Å². The first-order valence-corrected chi connectivity index (χ1v) is 7.60. The SMILES string of the molecule is COC(=O)c1cc(CN(C)C(CCO)c2ccccc2)oc1C. The van der Waals surface area contributed by atoms with Gasteiger partial charge in [0.1, 0.15) is 17.1 Å². The van der Waals surface area contributed by atoms with E-state index in [4.69, 9.17) is 9.15 Å². The molecule has 2 aromatic rings. The fourth-order valence-corrected chi connectivity index (χ4v) is 2.73. The molecular formula is C18H23NO4. The number of carbonyl (C=O) groups excluding carboxylic acids is 1. The number of hydrogen-bond donors (Lipinski definition) is 1. The fourth-order valence-electron chi connectivity index (χ4n) is 2.73. The van der Waals surface area contributed by atoms with Crippen LogP contribution in [0.3, 0.4) is 0 Å². The predicted molar refractivity (Wildman–Crippen MR) is 87.1 cm³/mol. The molecule has 0 aliphatic heterocycles. The number of carbonyl (C=O) groups is 1. The van der Waals surface area contributed by atoms with E-state index in [0.717, 1.165) is 5.56 Å². The molecule has 0 aliphatic carbocycles. The molecule has 2 rings (SSSR count). The Morgan fingerprint density at radius 1 is 1.35 bits per heavy atom. The molecule has 1 heterocycles. The minimum atomic E-state index is -0.393. The molecule has 1 aromatic carbocycles. The number of ether oxygens (including phenoxy) is 1. The van der Waals surface area contributed by atoms with Gasteiger partial charge in [-0.05, 0) is 32.0 Å². The Morgan fingerprint density at radius 2 is 2.04 bits per heavy atom. The van der Waals surface area contributed by atoms with E-state index >= 15 is 0 Å². The van der Waals surface area contributed by atoms with Crippen molar-refractivity contribution in [2.75, 3.05) is 20.8 Å². The molecule has 23 heavy (non-hydrogen) atoms. The third-order valence-electron chi connectivity index (χ3n) is 3.90. The zero-order valence-corrected chi connectivity index (χ0v) is 13.8. The first-order valence-electron chi connectivity index (χ1n) is 7.60. The molecule has 1 unspecified atom stereocenters. The zero-order chi connectivity index (χ0) is 16.8. The summed E-state index contributed by atoms with van der Waals surface area (Å²) in [5.41, 5.74) is 1.59. The van der Waals surface area contributed by atoms with Gasteiger partial charge < -0.3 is 14.3 Å². The lowest BCUT2D eigenvalue weighted by Gasteiger charge is -2.27. The normalized spacial score (nSPS) is 12.4. The van der Waals surface area contributed by atoms with Crippen LogP contribution in [0.1, 0.15) is 39.9 Å². The van der Waals surface area contributed by atoms with Gasteiger partial charge in [0.15, 0.2) is 0 Å². The highest BCUT2D eigenvalue weighted by atomic mass is 16.5. The number of benzene rings is 1. The summed E-state index contributed by atoms with van der Waals surface area (Å²) in [6.45, 7) is 2.39. The molecule has 0 bridgehead atoms. The Labute approximate surface area is 136 Å². The predicted octanol–water partition coefficient (Wildman–Crippen LogP) is 2.93. The molecule has 0 amide bonds. The molecule has 1 aromatic heterocycles. The molecule has 0 radical (unpaired) electrons. The number of aliphatic hydroxyl groups is 1. The summed E-state index contributed by atoms with van der Waals surface area (Å²) in [7, 11) is 3.33. The van der Waals surface area contributed by atoms with Crippen molar-refractivity contribution in [1.29, 1.82) is 0 Å². The van der Waals surface area contributed by atoms with Crippen molar-refractivity contribution in [2.24, 2.45) is 0 Å². The Hall–Kier alpha value is -2.11. The standard InChI is InChI=1S/C18H23NO4/c1-13-16(18(21)22-3)11-15(23-13)12-19(2)17(9-10-20)14-7-5-4-6-8-14/h4-8,11,17,20H,9-10,12H2,1-3H3. The molecule has 0 saturated heterocycles. The lowest BCUT2D eigenvalue weighted by Crippen LogP contribution is -2.25. The van der Waals surface area contributed by atoms with Gasteiger partial charge in [0.05, 0.1) is 13.7 Å². The third-order valence-corrected chi connectivity index (χ3v) is 3.90. The van der Waals surface area contributed by atoms with Crippen LogP contribution in [0.25, 0.3) is 0 Å². The second kappa shape index (κ2) is 7.94. The molecule has 124 valence electrons. The summed E-state index contributed by atoms with van der Waals surface area (Å²) < 4.78 is 10.4. The highest BCUT2D eigenvalue weighted by Crippen LogP contribution is 2.25. The van der Waals surface area contributed by atoms with Crippen molar-refractivity contribution in [3.8, 4) is 0 Å². The van der Waals surface area contributed by atoms with Gasteiger partial charge in [-0.1, -0.05) is 30.3 Å². The van der Waals surface area contributed by atoms with Crippen LogP contribution in [-0.2, 0) is 11.3 Å². The van der Waals surface area contributed by atoms with E-state index in [1.807, 2.05) is 37.4 Å². The smallest absolute Gasteiger partial charge is 0.341 e. The average Bonchev–Trinajstić information content (AvgIpc) is 2.92. The number of nitrogens with zero attached hydrogens (tertiary/aromatic N) is 1. The molecule has 1 N–H and O–H groups in total. The molecular weight excluding hydrogens is 294 g/mol. The highest BCUT2D eigenvalue weighted by Gasteiger charge is 2.20. The van der Waals surface area contributed by atoms with Crippen LogP contribution < -0.4 is 0 Å². The Kier molecular flexibility index (Phi) is 5.96. The monoisotopic (exact) mass is 317 g/mol. The first kappa shape index (κ1) is 17.2. The number of rotatable bonds is 7. The number of esters is 1. The Balaban J connectivity index is 2.16. The van der Waals surface area contributed by atoms with Gasteiger partial charge in [-0.3, -0.25) is 4.90 Å². The van der Waals surface area contributed by atoms with Gasteiger partial charge in [-0.15, -0.1) is 0 Å². The lowest BCUT2D eigenvalue weighted by molar-refractivity contribution is 0.0599. The van der Waals surface area contributed by atoms with Crippen molar-refractivity contribution in [3.05, 3.63) is 59.0 Å². The Morgan fingerprint density at radius 3 is 2.65 bits per heavy atom. The van der Waals surface area contributed by atoms with Gasteiger partial charge in [0.2, 0.25) is 0 Å². The van der Waals surface area contributed by atoms with Crippen molar-refractivity contribution in [3.63, 3.8) is 0 Å². The third kappa shape index (κ3) is 4.21. The molecule has 0 saturated carbocycles. The second-order valence-electron chi connectivity index (χ2n) is 5.53. The quantitative estimate of drug-likeness (QED) is 0.796. The summed E-state index contributed by atoms with van der Waals surface area (Å²) in [5, 5.41) is 9.35. The van der Waals surface area contributed by atoms with E-state index in [2.05, 4.69) is 4.90 Å². The van der Waals surface area contributed by atoms with E-state index in [-0.39, 0.29) is 12.6 Å². The summed E-state index contributed by atoms with van der Waals surface area (Å²) >= 11 is 0. The molecule has 5 nitrogen and oxygen atoms in total. The number of methoxy groups -OCH3 is 1. The maximum absolute atomic E-state index is 11.7. The summed E-state index contributed by atoms with van der Waals surface area (Å²) in [5.74, 6) is 0.859. The van der Waals surface area contributed by atoms with Crippen molar-refractivity contribution in [2.45, 2.75) is 25.9 Å². The van der Waals surface area contributed by atoms with Gasteiger partial charge in [0.25, 0.3) is 0 Å². The molecule has 0 spiro atoms. The zero-order valence-electron chi connectivity index (χ0n) is 13.8. The highest BCUT2D eigenvalue weighted by molar-refractivity contribution is 5.90. The fraction of sp³-hybridized carbons (Fsp3) is 0.389. The molecule has 0 aliphatic rings. The molecule has 0 fully saturated rings. The molecule has 1 atom stereocenters. The van der Waals surface area contributed by atoms with Crippen LogP contribution in [0.5, 0.6) is 0 Å². The van der Waals surface area contributed by atoms with Crippen LogP contribution in [0, 0.1) is 6.92 Å². The van der Waals surface area contributed by atoms with E-state index in [1.165, 1.54) is 7.11 Å². The van der Waals surface area contributed by atoms with Crippen molar-refractivity contribution >= 4 is 5.97 Å². The van der Waals surface area contributed by atoms with Gasteiger partial charge in [0, 0.05) is 12.6 Å². The van der Waals surface area contributed by atoms with E-state index in [1.54, 1.807) is 13.0 Å². The van der Waals surface area contributed by atoms with Crippen LogP contribution in [0.4, 0.5) is 0 Å². The number of aryl methyl sites for hydroxylation is 1. The maximum atomic E-state index is 11.7. The van der Waals surface area contributed by atoms with Crippen LogP contribution >= 0.6 is 0 Å². The first-order chi connectivity index (χ1) is 11.1. The molecule has 5 heteroatoms. The van der Waals surface area contributed by atoms with Crippen LogP contribution in [0.15, 0.2) is 40.8 Å². The van der Waals surface area contributed by atoms with Gasteiger partial charge >= 0.3 is 5.97 Å². The second-order valence-corrected chi connectivity index (χ2v) is 5.53.